The van der Waals surface area contributed by atoms with Gasteiger partial charge in [-0.25, -0.2) is 4.39 Å². The summed E-state index contributed by atoms with van der Waals surface area (Å²) >= 11 is 0. The van der Waals surface area contributed by atoms with Crippen LogP contribution < -0.4 is 0 Å². The zero-order chi connectivity index (χ0) is 18.0. The lowest BCUT2D eigenvalue weighted by atomic mass is 9.72. The van der Waals surface area contributed by atoms with E-state index in [2.05, 4.69) is 4.98 Å². The number of likely N-dealkylation sites (tertiary alicyclic amines) is 1. The molecule has 1 aliphatic rings. The minimum atomic E-state index is -1.58. The largest absolute Gasteiger partial charge is 0.481 e. The molecule has 0 unspecified atom stereocenters. The number of carboxylic acids is 1. The first-order valence-electron chi connectivity index (χ1n) is 8.01. The van der Waals surface area contributed by atoms with Gasteiger partial charge >= 0.3 is 5.97 Å². The first-order valence-corrected chi connectivity index (χ1v) is 8.01. The first-order chi connectivity index (χ1) is 11.9. The number of halogens is 1. The highest BCUT2D eigenvalue weighted by Crippen LogP contribution is 2.35. The molecule has 1 saturated heterocycles. The highest BCUT2D eigenvalue weighted by molar-refractivity contribution is 5.93. The molecule has 6 nitrogen and oxygen atoms in total. The number of carbonyl (C=O) groups excluding carboxylic acids is 1. The van der Waals surface area contributed by atoms with E-state index in [0.29, 0.717) is 11.3 Å². The molecule has 132 valence electrons. The number of aromatic nitrogens is 1. The van der Waals surface area contributed by atoms with Crippen LogP contribution in [0.2, 0.25) is 0 Å². The number of nitrogens with one attached hydrogen (secondary N) is 1. The maximum absolute atomic E-state index is 13.5. The van der Waals surface area contributed by atoms with Crippen molar-refractivity contribution in [3.05, 3.63) is 59.7 Å². The second-order valence-electron chi connectivity index (χ2n) is 6.38. The lowest BCUT2D eigenvalue weighted by Crippen LogP contribution is -2.58. The van der Waals surface area contributed by atoms with E-state index in [-0.39, 0.29) is 31.8 Å². The number of benzene rings is 1. The molecule has 2 atom stereocenters. The quantitative estimate of drug-likeness (QED) is 0.785. The van der Waals surface area contributed by atoms with Gasteiger partial charge in [0.1, 0.15) is 16.9 Å². The second-order valence-corrected chi connectivity index (χ2v) is 6.38. The van der Waals surface area contributed by atoms with Crippen molar-refractivity contribution in [3.8, 4) is 0 Å². The Labute approximate surface area is 143 Å². The van der Waals surface area contributed by atoms with Crippen LogP contribution in [-0.4, -0.2) is 51.2 Å². The fraction of sp³-hybridized carbons (Fsp3) is 0.333. The van der Waals surface area contributed by atoms with E-state index < -0.39 is 23.3 Å². The summed E-state index contributed by atoms with van der Waals surface area (Å²) in [5.74, 6) is -1.99. The van der Waals surface area contributed by atoms with Crippen molar-refractivity contribution >= 4 is 11.9 Å². The molecule has 2 aromatic rings. The van der Waals surface area contributed by atoms with E-state index in [9.17, 15) is 24.2 Å². The molecule has 1 amide bonds. The summed E-state index contributed by atoms with van der Waals surface area (Å²) in [5, 5.41) is 20.3. The minimum Gasteiger partial charge on any atom is -0.481 e. The van der Waals surface area contributed by atoms with Crippen molar-refractivity contribution in [2.45, 2.75) is 18.9 Å². The van der Waals surface area contributed by atoms with Gasteiger partial charge in [0.05, 0.1) is 6.10 Å². The molecule has 25 heavy (non-hydrogen) atoms. The molecule has 3 rings (SSSR count). The summed E-state index contributed by atoms with van der Waals surface area (Å²) in [5.41, 5.74) is -0.744. The topological polar surface area (TPSA) is 93.6 Å². The molecule has 0 aliphatic carbocycles. The molecule has 1 aliphatic heterocycles. The van der Waals surface area contributed by atoms with Gasteiger partial charge in [-0.1, -0.05) is 12.1 Å². The van der Waals surface area contributed by atoms with Crippen LogP contribution in [0, 0.1) is 11.2 Å². The van der Waals surface area contributed by atoms with Crippen LogP contribution in [0.4, 0.5) is 4.39 Å². The SMILES string of the molecule is O=C(c1ccc[nH]1)N1CC[C@H](O)[C@](Cc2cccc(F)c2)(C(=O)O)C1. The number of carbonyl (C=O) groups is 2. The number of piperidine rings is 1. The van der Waals surface area contributed by atoms with Gasteiger partial charge in [-0.05, 0) is 42.7 Å². The van der Waals surface area contributed by atoms with E-state index in [1.807, 2.05) is 0 Å². The molecule has 1 aromatic carbocycles. The van der Waals surface area contributed by atoms with Gasteiger partial charge in [-0.3, -0.25) is 9.59 Å². The third kappa shape index (κ3) is 3.28. The van der Waals surface area contributed by atoms with E-state index in [1.165, 1.54) is 23.1 Å². The van der Waals surface area contributed by atoms with Gasteiger partial charge in [0, 0.05) is 19.3 Å². The van der Waals surface area contributed by atoms with Crippen LogP contribution in [0.15, 0.2) is 42.6 Å². The average molecular weight is 346 g/mol. The number of aliphatic hydroxyl groups is 1. The number of aromatic amines is 1. The molecule has 0 saturated carbocycles. The summed E-state index contributed by atoms with van der Waals surface area (Å²) in [7, 11) is 0. The lowest BCUT2D eigenvalue weighted by Gasteiger charge is -2.43. The maximum Gasteiger partial charge on any atom is 0.314 e. The van der Waals surface area contributed by atoms with E-state index in [0.717, 1.165) is 0 Å². The fourth-order valence-corrected chi connectivity index (χ4v) is 3.36. The van der Waals surface area contributed by atoms with Crippen molar-refractivity contribution in [2.24, 2.45) is 5.41 Å². The van der Waals surface area contributed by atoms with Crippen LogP contribution in [0.1, 0.15) is 22.5 Å². The Balaban J connectivity index is 1.90. The molecule has 0 bridgehead atoms. The summed E-state index contributed by atoms with van der Waals surface area (Å²) in [6.45, 7) is 0.120. The maximum atomic E-state index is 13.5. The third-order valence-corrected chi connectivity index (χ3v) is 4.73. The van der Waals surface area contributed by atoms with Gasteiger partial charge in [0.25, 0.3) is 5.91 Å². The van der Waals surface area contributed by atoms with Crippen molar-refractivity contribution in [1.82, 2.24) is 9.88 Å². The number of hydrogen-bond donors (Lipinski definition) is 3. The molecule has 7 heteroatoms. The number of carboxylic acid groups (broad SMARTS) is 1. The van der Waals surface area contributed by atoms with Gasteiger partial charge in [-0.15, -0.1) is 0 Å². The Morgan fingerprint density at radius 3 is 2.76 bits per heavy atom. The Bertz CT molecular complexity index is 777. The Hall–Kier alpha value is -2.67. The first kappa shape index (κ1) is 17.2. The lowest BCUT2D eigenvalue weighted by molar-refractivity contribution is -0.161. The van der Waals surface area contributed by atoms with Gasteiger partial charge in [0.2, 0.25) is 0 Å². The van der Waals surface area contributed by atoms with Crippen molar-refractivity contribution in [3.63, 3.8) is 0 Å². The van der Waals surface area contributed by atoms with Crippen molar-refractivity contribution in [1.29, 1.82) is 0 Å². The highest BCUT2D eigenvalue weighted by Gasteiger charge is 2.50. The molecule has 1 aromatic heterocycles. The molecule has 0 spiro atoms. The van der Waals surface area contributed by atoms with E-state index in [1.54, 1.807) is 24.4 Å². The Morgan fingerprint density at radius 2 is 2.12 bits per heavy atom. The Kier molecular flexibility index (Phi) is 4.59. The summed E-state index contributed by atoms with van der Waals surface area (Å²) < 4.78 is 13.5. The smallest absolute Gasteiger partial charge is 0.314 e. The number of nitrogens with zero attached hydrogens (tertiary/aromatic N) is 1. The molecule has 2 heterocycles. The molecule has 1 fully saturated rings. The summed E-state index contributed by atoms with van der Waals surface area (Å²) in [6, 6.07) is 8.94. The summed E-state index contributed by atoms with van der Waals surface area (Å²) in [6.07, 6.45) is 0.577. The van der Waals surface area contributed by atoms with Crippen LogP contribution in [0.5, 0.6) is 0 Å². The number of H-pyrrole nitrogens is 1. The van der Waals surface area contributed by atoms with Crippen LogP contribution >= 0.6 is 0 Å². The minimum absolute atomic E-state index is 0.0598. The number of hydrogen-bond acceptors (Lipinski definition) is 3. The number of amides is 1. The van der Waals surface area contributed by atoms with Gasteiger partial charge in [0.15, 0.2) is 0 Å². The second kappa shape index (κ2) is 6.68. The summed E-state index contributed by atoms with van der Waals surface area (Å²) in [4.78, 5) is 28.8. The molecular formula is C18H19FN2O4. The molecule has 3 N–H and O–H groups in total. The molecular weight excluding hydrogens is 327 g/mol. The monoisotopic (exact) mass is 346 g/mol. The standard InChI is InChI=1S/C18H19FN2O4/c19-13-4-1-3-12(9-13)10-18(17(24)25)11-21(8-6-15(18)22)16(23)14-5-2-7-20-14/h1-5,7,9,15,20,22H,6,8,10-11H2,(H,24,25)/t15-,18+/m0/s1. The zero-order valence-electron chi connectivity index (χ0n) is 13.5. The predicted molar refractivity (Wildman–Crippen MR) is 87.5 cm³/mol. The van der Waals surface area contributed by atoms with Crippen LogP contribution in [-0.2, 0) is 11.2 Å². The average Bonchev–Trinajstić information content (AvgIpc) is 3.10. The van der Waals surface area contributed by atoms with E-state index in [4.69, 9.17) is 0 Å². The third-order valence-electron chi connectivity index (χ3n) is 4.73. The van der Waals surface area contributed by atoms with Crippen molar-refractivity contribution < 1.29 is 24.2 Å². The number of rotatable bonds is 4. The normalized spacial score (nSPS) is 23.4. The van der Waals surface area contributed by atoms with Gasteiger partial charge < -0.3 is 20.1 Å². The Morgan fingerprint density at radius 1 is 1.32 bits per heavy atom. The zero-order valence-corrected chi connectivity index (χ0v) is 13.5. The number of aliphatic carboxylic acids is 1. The van der Waals surface area contributed by atoms with E-state index >= 15 is 0 Å². The van der Waals surface area contributed by atoms with Crippen LogP contribution in [0.25, 0.3) is 0 Å². The van der Waals surface area contributed by atoms with Crippen molar-refractivity contribution in [2.75, 3.05) is 13.1 Å². The highest BCUT2D eigenvalue weighted by atomic mass is 19.1. The molecule has 0 radical (unpaired) electrons. The fourth-order valence-electron chi connectivity index (χ4n) is 3.36. The van der Waals surface area contributed by atoms with Gasteiger partial charge in [-0.2, -0.15) is 0 Å². The number of aliphatic hydroxyl groups excluding tert-OH is 1. The predicted octanol–water partition coefficient (Wildman–Crippen LogP) is 1.67. The van der Waals surface area contributed by atoms with Crippen LogP contribution in [0.3, 0.4) is 0 Å².